The largest absolute Gasteiger partial charge is 0.365 e. The van der Waals surface area contributed by atoms with Crippen LogP contribution in [0.3, 0.4) is 0 Å². The Labute approximate surface area is 139 Å². The second-order valence-electron chi connectivity index (χ2n) is 5.98. The number of hydrogen-bond acceptors (Lipinski definition) is 4. The smallest absolute Gasteiger partial charge is 0.263 e. The lowest BCUT2D eigenvalue weighted by atomic mass is 10.1. The van der Waals surface area contributed by atoms with E-state index in [2.05, 4.69) is 4.98 Å². The Bertz CT molecular complexity index is 843. The average molecular weight is 328 g/mol. The van der Waals surface area contributed by atoms with Crippen molar-refractivity contribution in [1.82, 2.24) is 14.5 Å². The van der Waals surface area contributed by atoms with Crippen LogP contribution in [-0.2, 0) is 11.3 Å². The van der Waals surface area contributed by atoms with Crippen molar-refractivity contribution in [2.45, 2.75) is 32.2 Å². The number of primary amides is 1. The monoisotopic (exact) mass is 328 g/mol. The first kappa shape index (κ1) is 16.2. The standard InChI is InChI=1S/C17H20N4O3/c18-16(23)12-11-13-14(5-3-7-19-13)21(17(12)24)10-4-9-20-8-2-1-6-15(20)22/h3,5,7,11H,1-2,4,6,8-10H2,(H2,18,23). The van der Waals surface area contributed by atoms with Crippen LogP contribution in [0.2, 0.25) is 0 Å². The Kier molecular flexibility index (Phi) is 4.59. The predicted molar refractivity (Wildman–Crippen MR) is 89.6 cm³/mol. The molecule has 0 aromatic carbocycles. The third-order valence-corrected chi connectivity index (χ3v) is 4.36. The lowest BCUT2D eigenvalue weighted by Crippen LogP contribution is -2.37. The molecule has 24 heavy (non-hydrogen) atoms. The fraction of sp³-hybridized carbons (Fsp3) is 0.412. The predicted octanol–water partition coefficient (Wildman–Crippen LogP) is 0.898. The van der Waals surface area contributed by atoms with Gasteiger partial charge in [-0.25, -0.2) is 0 Å². The molecule has 0 aliphatic carbocycles. The highest BCUT2D eigenvalue weighted by atomic mass is 16.2. The lowest BCUT2D eigenvalue weighted by Gasteiger charge is -2.26. The molecule has 1 saturated heterocycles. The van der Waals surface area contributed by atoms with Crippen molar-refractivity contribution in [2.75, 3.05) is 13.1 Å². The molecular formula is C17H20N4O3. The van der Waals surface area contributed by atoms with Crippen LogP contribution >= 0.6 is 0 Å². The first-order chi connectivity index (χ1) is 11.6. The molecule has 0 spiro atoms. The zero-order chi connectivity index (χ0) is 17.1. The number of piperidine rings is 1. The van der Waals surface area contributed by atoms with E-state index in [1.165, 1.54) is 10.6 Å². The van der Waals surface area contributed by atoms with Gasteiger partial charge in [-0.15, -0.1) is 0 Å². The molecule has 2 amide bonds. The number of amides is 2. The molecule has 2 aromatic heterocycles. The minimum absolute atomic E-state index is 0.0600. The van der Waals surface area contributed by atoms with Crippen molar-refractivity contribution < 1.29 is 9.59 Å². The molecule has 1 aliphatic heterocycles. The summed E-state index contributed by atoms with van der Waals surface area (Å²) in [6.45, 7) is 1.79. The van der Waals surface area contributed by atoms with E-state index in [0.29, 0.717) is 37.0 Å². The summed E-state index contributed by atoms with van der Waals surface area (Å²) in [7, 11) is 0. The highest BCUT2D eigenvalue weighted by Crippen LogP contribution is 2.13. The Morgan fingerprint density at radius 1 is 1.25 bits per heavy atom. The SMILES string of the molecule is NC(=O)c1cc2ncccc2n(CCCN2CCCCC2=O)c1=O. The van der Waals surface area contributed by atoms with Crippen molar-refractivity contribution in [3.8, 4) is 0 Å². The Morgan fingerprint density at radius 2 is 2.08 bits per heavy atom. The third-order valence-electron chi connectivity index (χ3n) is 4.36. The summed E-state index contributed by atoms with van der Waals surface area (Å²) in [6.07, 6.45) is 4.82. The summed E-state index contributed by atoms with van der Waals surface area (Å²) in [5, 5.41) is 0. The van der Waals surface area contributed by atoms with Gasteiger partial charge in [-0.3, -0.25) is 19.4 Å². The van der Waals surface area contributed by atoms with Crippen LogP contribution in [0.5, 0.6) is 0 Å². The van der Waals surface area contributed by atoms with E-state index in [9.17, 15) is 14.4 Å². The van der Waals surface area contributed by atoms with Gasteiger partial charge >= 0.3 is 0 Å². The van der Waals surface area contributed by atoms with E-state index in [0.717, 1.165) is 19.4 Å². The Morgan fingerprint density at radius 3 is 2.83 bits per heavy atom. The van der Waals surface area contributed by atoms with Gasteiger partial charge in [0.1, 0.15) is 5.56 Å². The van der Waals surface area contributed by atoms with Gasteiger partial charge in [0.25, 0.3) is 11.5 Å². The highest BCUT2D eigenvalue weighted by Gasteiger charge is 2.18. The molecule has 3 rings (SSSR count). The van der Waals surface area contributed by atoms with Gasteiger partial charge in [0.15, 0.2) is 0 Å². The number of carbonyl (C=O) groups is 2. The van der Waals surface area contributed by atoms with Crippen molar-refractivity contribution >= 4 is 22.8 Å². The van der Waals surface area contributed by atoms with Crippen LogP contribution in [0.25, 0.3) is 11.0 Å². The normalized spacial score (nSPS) is 15.0. The van der Waals surface area contributed by atoms with Gasteiger partial charge in [-0.05, 0) is 37.5 Å². The van der Waals surface area contributed by atoms with Crippen LogP contribution in [0.4, 0.5) is 0 Å². The summed E-state index contributed by atoms with van der Waals surface area (Å²) in [5.74, 6) is -0.585. The molecule has 0 radical (unpaired) electrons. The first-order valence-electron chi connectivity index (χ1n) is 8.14. The second kappa shape index (κ2) is 6.82. The molecule has 0 atom stereocenters. The molecule has 2 N–H and O–H groups in total. The zero-order valence-electron chi connectivity index (χ0n) is 13.4. The average Bonchev–Trinajstić information content (AvgIpc) is 2.58. The van der Waals surface area contributed by atoms with E-state index in [-0.39, 0.29) is 11.5 Å². The maximum Gasteiger partial charge on any atom is 0.263 e. The van der Waals surface area contributed by atoms with Crippen molar-refractivity contribution in [3.63, 3.8) is 0 Å². The minimum Gasteiger partial charge on any atom is -0.365 e. The van der Waals surface area contributed by atoms with Gasteiger partial charge < -0.3 is 15.2 Å². The topological polar surface area (TPSA) is 98.3 Å². The summed E-state index contributed by atoms with van der Waals surface area (Å²) >= 11 is 0. The minimum atomic E-state index is -0.757. The van der Waals surface area contributed by atoms with E-state index in [4.69, 9.17) is 5.73 Å². The van der Waals surface area contributed by atoms with Gasteiger partial charge in [0.2, 0.25) is 5.91 Å². The number of likely N-dealkylation sites (tertiary alicyclic amines) is 1. The number of nitrogens with two attached hydrogens (primary N) is 1. The highest BCUT2D eigenvalue weighted by molar-refractivity contribution is 5.95. The van der Waals surface area contributed by atoms with Crippen LogP contribution in [-0.4, -0.2) is 39.4 Å². The van der Waals surface area contributed by atoms with E-state index < -0.39 is 11.5 Å². The van der Waals surface area contributed by atoms with Crippen LogP contribution in [0.1, 0.15) is 36.0 Å². The summed E-state index contributed by atoms with van der Waals surface area (Å²) < 4.78 is 1.52. The zero-order valence-corrected chi connectivity index (χ0v) is 13.4. The number of nitrogens with zero attached hydrogens (tertiary/aromatic N) is 3. The van der Waals surface area contributed by atoms with Crippen LogP contribution < -0.4 is 11.3 Å². The lowest BCUT2D eigenvalue weighted by molar-refractivity contribution is -0.133. The van der Waals surface area contributed by atoms with Gasteiger partial charge in [-0.1, -0.05) is 0 Å². The molecule has 3 heterocycles. The van der Waals surface area contributed by atoms with Crippen LogP contribution in [0.15, 0.2) is 29.2 Å². The molecule has 0 bridgehead atoms. The number of hydrogen-bond donors (Lipinski definition) is 1. The number of rotatable bonds is 5. The molecular weight excluding hydrogens is 308 g/mol. The molecule has 0 unspecified atom stereocenters. The molecule has 7 heteroatoms. The summed E-state index contributed by atoms with van der Waals surface area (Å²) in [5.41, 5.74) is 6.06. The maximum atomic E-state index is 12.5. The van der Waals surface area contributed by atoms with E-state index in [1.54, 1.807) is 18.3 Å². The van der Waals surface area contributed by atoms with Crippen LogP contribution in [0, 0.1) is 0 Å². The molecule has 1 fully saturated rings. The number of aromatic nitrogens is 2. The number of carbonyl (C=O) groups excluding carboxylic acids is 2. The van der Waals surface area contributed by atoms with Gasteiger partial charge in [0, 0.05) is 32.3 Å². The van der Waals surface area contributed by atoms with E-state index in [1.807, 2.05) is 4.90 Å². The fourth-order valence-corrected chi connectivity index (χ4v) is 3.12. The summed E-state index contributed by atoms with van der Waals surface area (Å²) in [6, 6.07) is 4.97. The second-order valence-corrected chi connectivity index (χ2v) is 5.98. The maximum absolute atomic E-state index is 12.5. The van der Waals surface area contributed by atoms with Crippen molar-refractivity contribution in [3.05, 3.63) is 40.3 Å². The number of fused-ring (bicyclic) bond motifs is 1. The van der Waals surface area contributed by atoms with E-state index >= 15 is 0 Å². The van der Waals surface area contributed by atoms with Crippen molar-refractivity contribution in [2.24, 2.45) is 5.73 Å². The molecule has 0 saturated carbocycles. The number of aryl methyl sites for hydroxylation is 1. The fourth-order valence-electron chi connectivity index (χ4n) is 3.12. The summed E-state index contributed by atoms with van der Waals surface area (Å²) in [4.78, 5) is 41.9. The molecule has 1 aliphatic rings. The Hall–Kier alpha value is -2.70. The molecule has 7 nitrogen and oxygen atoms in total. The third kappa shape index (κ3) is 3.15. The van der Waals surface area contributed by atoms with Gasteiger partial charge in [0.05, 0.1) is 11.0 Å². The Balaban J connectivity index is 1.85. The molecule has 126 valence electrons. The van der Waals surface area contributed by atoms with Crippen molar-refractivity contribution in [1.29, 1.82) is 0 Å². The number of pyridine rings is 2. The first-order valence-corrected chi connectivity index (χ1v) is 8.14. The quantitative estimate of drug-likeness (QED) is 0.881. The van der Waals surface area contributed by atoms with Gasteiger partial charge in [-0.2, -0.15) is 0 Å². The molecule has 2 aromatic rings.